The number of sulfone groups is 1. The van der Waals surface area contributed by atoms with Crippen LogP contribution in [0.1, 0.15) is 12.0 Å². The molecule has 0 aliphatic carbocycles. The number of methoxy groups -OCH3 is 1. The summed E-state index contributed by atoms with van der Waals surface area (Å²) in [6.45, 7) is 1.17. The molecule has 1 rings (SSSR count). The first kappa shape index (κ1) is 17.5. The minimum absolute atomic E-state index is 0.00895. The van der Waals surface area contributed by atoms with Gasteiger partial charge in [-0.2, -0.15) is 0 Å². The molecule has 0 bridgehead atoms. The Morgan fingerprint density at radius 3 is 2.48 bits per heavy atom. The molecule has 0 aliphatic rings. The molecule has 7 heteroatoms. The van der Waals surface area contributed by atoms with E-state index in [2.05, 4.69) is 10.6 Å². The van der Waals surface area contributed by atoms with E-state index in [9.17, 15) is 13.2 Å². The maximum absolute atomic E-state index is 11.9. The summed E-state index contributed by atoms with van der Waals surface area (Å²) in [5.74, 6) is -0.0850. The fraction of sp³-hybridized carbons (Fsp3) is 0.500. The number of amides is 2. The van der Waals surface area contributed by atoms with Crippen LogP contribution >= 0.6 is 0 Å². The highest BCUT2D eigenvalue weighted by atomic mass is 32.2. The quantitative estimate of drug-likeness (QED) is 0.664. The molecule has 0 aromatic heterocycles. The topological polar surface area (TPSA) is 84.5 Å². The molecule has 0 heterocycles. The summed E-state index contributed by atoms with van der Waals surface area (Å²) in [5, 5.41) is 5.16. The second-order valence-electron chi connectivity index (χ2n) is 4.61. The normalized spacial score (nSPS) is 11.1. The SMILES string of the molecule is COCCCNC(=O)NCCS(=O)(=O)Cc1ccccc1. The van der Waals surface area contributed by atoms with Crippen LogP contribution in [-0.2, 0) is 20.3 Å². The Labute approximate surface area is 125 Å². The first-order valence-corrected chi connectivity index (χ1v) is 8.60. The van der Waals surface area contributed by atoms with Gasteiger partial charge in [-0.1, -0.05) is 30.3 Å². The van der Waals surface area contributed by atoms with Gasteiger partial charge in [0.15, 0.2) is 9.84 Å². The van der Waals surface area contributed by atoms with E-state index in [4.69, 9.17) is 4.74 Å². The van der Waals surface area contributed by atoms with Gasteiger partial charge in [-0.05, 0) is 12.0 Å². The monoisotopic (exact) mass is 314 g/mol. The summed E-state index contributed by atoms with van der Waals surface area (Å²) < 4.78 is 28.6. The number of rotatable bonds is 9. The predicted molar refractivity (Wildman–Crippen MR) is 81.8 cm³/mol. The van der Waals surface area contributed by atoms with Crippen LogP contribution in [0.25, 0.3) is 0 Å². The Balaban J connectivity index is 2.23. The molecule has 0 saturated heterocycles. The van der Waals surface area contributed by atoms with Gasteiger partial charge in [-0.15, -0.1) is 0 Å². The van der Waals surface area contributed by atoms with Crippen molar-refractivity contribution in [1.29, 1.82) is 0 Å². The maximum atomic E-state index is 11.9. The molecule has 0 spiro atoms. The van der Waals surface area contributed by atoms with Crippen LogP contribution in [0.4, 0.5) is 4.79 Å². The van der Waals surface area contributed by atoms with Crippen LogP contribution in [0.5, 0.6) is 0 Å². The molecule has 0 atom stereocenters. The van der Waals surface area contributed by atoms with Crippen LogP contribution in [0.2, 0.25) is 0 Å². The highest BCUT2D eigenvalue weighted by Gasteiger charge is 2.12. The summed E-state index contributed by atoms with van der Waals surface area (Å²) in [4.78, 5) is 11.4. The summed E-state index contributed by atoms with van der Waals surface area (Å²) >= 11 is 0. The number of carbonyl (C=O) groups is 1. The third-order valence-electron chi connectivity index (χ3n) is 2.74. The molecule has 6 nitrogen and oxygen atoms in total. The average molecular weight is 314 g/mol. The van der Waals surface area contributed by atoms with E-state index in [0.717, 1.165) is 12.0 Å². The Hall–Kier alpha value is -1.60. The van der Waals surface area contributed by atoms with Gasteiger partial charge in [0.25, 0.3) is 0 Å². The Morgan fingerprint density at radius 1 is 1.14 bits per heavy atom. The van der Waals surface area contributed by atoms with Crippen LogP contribution in [0.3, 0.4) is 0 Å². The van der Waals surface area contributed by atoms with Crippen LogP contribution in [-0.4, -0.2) is 47.0 Å². The lowest BCUT2D eigenvalue weighted by atomic mass is 10.2. The van der Waals surface area contributed by atoms with Crippen molar-refractivity contribution in [2.75, 3.05) is 32.6 Å². The molecule has 0 fully saturated rings. The van der Waals surface area contributed by atoms with Crippen LogP contribution in [0.15, 0.2) is 30.3 Å². The first-order chi connectivity index (χ1) is 10.0. The van der Waals surface area contributed by atoms with Crippen molar-refractivity contribution >= 4 is 15.9 Å². The summed E-state index contributed by atoms with van der Waals surface area (Å²) in [5.41, 5.74) is 0.751. The maximum Gasteiger partial charge on any atom is 0.314 e. The molecule has 0 aliphatic heterocycles. The number of nitrogens with one attached hydrogen (secondary N) is 2. The lowest BCUT2D eigenvalue weighted by Crippen LogP contribution is -2.38. The Bertz CT molecular complexity index is 517. The zero-order valence-electron chi connectivity index (χ0n) is 12.2. The van der Waals surface area contributed by atoms with Gasteiger partial charge in [0.05, 0.1) is 11.5 Å². The molecule has 0 saturated carbocycles. The molecule has 1 aromatic carbocycles. The van der Waals surface area contributed by atoms with Gasteiger partial charge in [0.1, 0.15) is 0 Å². The highest BCUT2D eigenvalue weighted by molar-refractivity contribution is 7.90. The standard InChI is InChI=1S/C14H22N2O4S/c1-20-10-5-8-15-14(17)16-9-11-21(18,19)12-13-6-3-2-4-7-13/h2-4,6-7H,5,8-12H2,1H3,(H2,15,16,17). The van der Waals surface area contributed by atoms with Crippen molar-refractivity contribution in [1.82, 2.24) is 10.6 Å². The van der Waals surface area contributed by atoms with E-state index in [0.29, 0.717) is 13.2 Å². The van der Waals surface area contributed by atoms with Crippen LogP contribution in [0, 0.1) is 0 Å². The van der Waals surface area contributed by atoms with E-state index >= 15 is 0 Å². The molecule has 118 valence electrons. The molecule has 0 unspecified atom stereocenters. The summed E-state index contributed by atoms with van der Waals surface area (Å²) in [6.07, 6.45) is 0.718. The fourth-order valence-corrected chi connectivity index (χ4v) is 2.96. The van der Waals surface area contributed by atoms with Crippen molar-refractivity contribution < 1.29 is 17.9 Å². The van der Waals surface area contributed by atoms with Gasteiger partial charge in [0, 0.05) is 26.8 Å². The van der Waals surface area contributed by atoms with E-state index in [1.807, 2.05) is 6.07 Å². The van der Waals surface area contributed by atoms with Crippen molar-refractivity contribution in [3.05, 3.63) is 35.9 Å². The van der Waals surface area contributed by atoms with E-state index in [1.54, 1.807) is 31.4 Å². The predicted octanol–water partition coefficient (Wildman–Crippen LogP) is 0.937. The molecule has 1 aromatic rings. The van der Waals surface area contributed by atoms with Gasteiger partial charge in [-0.25, -0.2) is 13.2 Å². The lowest BCUT2D eigenvalue weighted by Gasteiger charge is -2.08. The van der Waals surface area contributed by atoms with Crippen molar-refractivity contribution in [3.8, 4) is 0 Å². The van der Waals surface area contributed by atoms with Gasteiger partial charge in [0.2, 0.25) is 0 Å². The highest BCUT2D eigenvalue weighted by Crippen LogP contribution is 2.05. The van der Waals surface area contributed by atoms with E-state index in [1.165, 1.54) is 0 Å². The molecule has 2 amide bonds. The third-order valence-corrected chi connectivity index (χ3v) is 4.34. The Morgan fingerprint density at radius 2 is 1.81 bits per heavy atom. The first-order valence-electron chi connectivity index (χ1n) is 6.78. The minimum atomic E-state index is -3.22. The molecular weight excluding hydrogens is 292 g/mol. The van der Waals surface area contributed by atoms with Crippen molar-refractivity contribution in [2.24, 2.45) is 0 Å². The van der Waals surface area contributed by atoms with E-state index < -0.39 is 9.84 Å². The lowest BCUT2D eigenvalue weighted by molar-refractivity contribution is 0.193. The smallest absolute Gasteiger partial charge is 0.314 e. The number of benzene rings is 1. The average Bonchev–Trinajstić information content (AvgIpc) is 2.44. The van der Waals surface area contributed by atoms with Crippen LogP contribution < -0.4 is 10.6 Å². The molecule has 21 heavy (non-hydrogen) atoms. The second kappa shape index (κ2) is 9.36. The van der Waals surface area contributed by atoms with Gasteiger partial charge >= 0.3 is 6.03 Å². The third kappa shape index (κ3) is 8.31. The molecular formula is C14H22N2O4S. The number of hydrogen-bond donors (Lipinski definition) is 2. The van der Waals surface area contributed by atoms with Gasteiger partial charge < -0.3 is 15.4 Å². The second-order valence-corrected chi connectivity index (χ2v) is 6.79. The van der Waals surface area contributed by atoms with E-state index in [-0.39, 0.29) is 24.1 Å². The number of ether oxygens (including phenoxy) is 1. The van der Waals surface area contributed by atoms with Crippen molar-refractivity contribution in [3.63, 3.8) is 0 Å². The zero-order valence-corrected chi connectivity index (χ0v) is 13.0. The Kier molecular flexibility index (Phi) is 7.78. The zero-order chi connectivity index (χ0) is 15.6. The summed E-state index contributed by atoms with van der Waals surface area (Å²) in [6, 6.07) is 8.63. The summed E-state index contributed by atoms with van der Waals surface area (Å²) in [7, 11) is -1.63. The number of carbonyl (C=O) groups excluding carboxylic acids is 1. The van der Waals surface area contributed by atoms with Crippen molar-refractivity contribution in [2.45, 2.75) is 12.2 Å². The molecule has 0 radical (unpaired) electrons. The fourth-order valence-electron chi connectivity index (χ4n) is 1.70. The minimum Gasteiger partial charge on any atom is -0.385 e. The number of hydrogen-bond acceptors (Lipinski definition) is 4. The number of urea groups is 1. The molecule has 2 N–H and O–H groups in total. The van der Waals surface area contributed by atoms with Gasteiger partial charge in [-0.3, -0.25) is 0 Å². The largest absolute Gasteiger partial charge is 0.385 e.